The van der Waals surface area contributed by atoms with E-state index < -0.39 is 27.8 Å². The zero-order valence-corrected chi connectivity index (χ0v) is 18.1. The van der Waals surface area contributed by atoms with Gasteiger partial charge in [0, 0.05) is 12.1 Å². The quantitative estimate of drug-likeness (QED) is 0.474. The fourth-order valence-corrected chi connectivity index (χ4v) is 5.11. The number of aryl methyl sites for hydroxylation is 1. The van der Waals surface area contributed by atoms with Gasteiger partial charge in [-0.3, -0.25) is 4.79 Å². The fraction of sp³-hybridized carbons (Fsp3) is 0.667. The van der Waals surface area contributed by atoms with Crippen molar-refractivity contribution in [3.05, 3.63) is 35.9 Å². The molecule has 1 aliphatic heterocycles. The molecule has 1 aromatic rings. The second-order valence-electron chi connectivity index (χ2n) is 8.08. The molecule has 0 bridgehead atoms. The van der Waals surface area contributed by atoms with Gasteiger partial charge < -0.3 is 4.74 Å². The van der Waals surface area contributed by atoms with E-state index >= 15 is 0 Å². The Balaban J connectivity index is 1.85. The third kappa shape index (κ3) is 6.87. The average molecular weight is 411 g/mol. The van der Waals surface area contributed by atoms with Gasteiger partial charge in [0.2, 0.25) is 0 Å². The molecule has 1 atom stereocenters. The lowest BCUT2D eigenvalue weighted by molar-refractivity contribution is -0.149. The van der Waals surface area contributed by atoms with Crippen LogP contribution in [-0.2, 0) is 26.2 Å². The molecule has 1 heterocycles. The van der Waals surface area contributed by atoms with Crippen LogP contribution in [0.25, 0.3) is 0 Å². The Bertz CT molecular complexity index is 719. The second kappa shape index (κ2) is 10.4. The standard InChI is InChI=1S/C21H34N2O4S/c1-4-21(2,3)22-28(25,26)23-16-10-8-15-19(23)20(24)27-17-11-9-14-18-12-6-5-7-13-18/h5-7,12-13,19,22H,4,8-11,14-17H2,1-3H3/t19-/m0/s1. The van der Waals surface area contributed by atoms with Crippen molar-refractivity contribution in [3.63, 3.8) is 0 Å². The van der Waals surface area contributed by atoms with E-state index in [4.69, 9.17) is 4.74 Å². The molecule has 0 aliphatic carbocycles. The Morgan fingerprint density at radius 1 is 1.21 bits per heavy atom. The number of benzene rings is 1. The smallest absolute Gasteiger partial charge is 0.324 e. The second-order valence-corrected chi connectivity index (χ2v) is 9.70. The van der Waals surface area contributed by atoms with Gasteiger partial charge in [-0.05, 0) is 64.4 Å². The van der Waals surface area contributed by atoms with Gasteiger partial charge in [0.25, 0.3) is 10.2 Å². The van der Waals surface area contributed by atoms with Crippen LogP contribution >= 0.6 is 0 Å². The predicted octanol–water partition coefficient (Wildman–Crippen LogP) is 3.43. The molecule has 1 saturated heterocycles. The number of nitrogens with zero attached hydrogens (tertiary/aromatic N) is 1. The average Bonchev–Trinajstić information content (AvgIpc) is 2.67. The van der Waals surface area contributed by atoms with Crippen LogP contribution in [0.5, 0.6) is 0 Å². The summed E-state index contributed by atoms with van der Waals surface area (Å²) in [4.78, 5) is 12.6. The lowest BCUT2D eigenvalue weighted by Gasteiger charge is -2.36. The molecule has 0 radical (unpaired) electrons. The van der Waals surface area contributed by atoms with Gasteiger partial charge in [0.1, 0.15) is 6.04 Å². The number of carbonyl (C=O) groups excluding carboxylic acids is 1. The van der Waals surface area contributed by atoms with Crippen LogP contribution in [0.2, 0.25) is 0 Å². The summed E-state index contributed by atoms with van der Waals surface area (Å²) in [5.41, 5.74) is 0.713. The molecule has 2 rings (SSSR count). The molecular formula is C21H34N2O4S. The molecule has 0 spiro atoms. The van der Waals surface area contributed by atoms with Crippen molar-refractivity contribution in [2.45, 2.75) is 77.3 Å². The lowest BCUT2D eigenvalue weighted by Crippen LogP contribution is -2.56. The van der Waals surface area contributed by atoms with E-state index in [1.54, 1.807) is 0 Å². The zero-order chi connectivity index (χ0) is 20.6. The number of rotatable bonds is 10. The van der Waals surface area contributed by atoms with E-state index in [0.717, 1.165) is 32.1 Å². The number of hydrogen-bond donors (Lipinski definition) is 1. The summed E-state index contributed by atoms with van der Waals surface area (Å²) in [6.07, 6.45) is 5.40. The minimum absolute atomic E-state index is 0.323. The maximum Gasteiger partial charge on any atom is 0.324 e. The van der Waals surface area contributed by atoms with Crippen molar-refractivity contribution in [2.75, 3.05) is 13.2 Å². The zero-order valence-electron chi connectivity index (χ0n) is 17.3. The SMILES string of the molecule is CCC(C)(C)NS(=O)(=O)N1CCCC[C@H]1C(=O)OCCCCc1ccccc1. The molecule has 0 amide bonds. The molecule has 158 valence electrons. The minimum Gasteiger partial charge on any atom is -0.464 e. The number of carbonyl (C=O) groups is 1. The van der Waals surface area contributed by atoms with Crippen LogP contribution in [-0.4, -0.2) is 43.4 Å². The van der Waals surface area contributed by atoms with Crippen molar-refractivity contribution in [1.29, 1.82) is 0 Å². The van der Waals surface area contributed by atoms with Crippen molar-refractivity contribution in [1.82, 2.24) is 9.03 Å². The van der Waals surface area contributed by atoms with Crippen molar-refractivity contribution < 1.29 is 17.9 Å². The summed E-state index contributed by atoms with van der Waals surface area (Å²) in [7, 11) is -3.74. The molecule has 0 saturated carbocycles. The third-order valence-electron chi connectivity index (χ3n) is 5.27. The van der Waals surface area contributed by atoms with Gasteiger partial charge in [-0.1, -0.05) is 37.3 Å². The van der Waals surface area contributed by atoms with Gasteiger partial charge in [-0.2, -0.15) is 17.4 Å². The highest BCUT2D eigenvalue weighted by molar-refractivity contribution is 7.87. The summed E-state index contributed by atoms with van der Waals surface area (Å²) in [6, 6.07) is 9.46. The van der Waals surface area contributed by atoms with E-state index in [2.05, 4.69) is 16.9 Å². The van der Waals surface area contributed by atoms with Gasteiger partial charge in [-0.25, -0.2) is 0 Å². The van der Waals surface area contributed by atoms with Gasteiger partial charge in [-0.15, -0.1) is 0 Å². The molecule has 28 heavy (non-hydrogen) atoms. The topological polar surface area (TPSA) is 75.7 Å². The van der Waals surface area contributed by atoms with Gasteiger partial charge in [0.15, 0.2) is 0 Å². The minimum atomic E-state index is -3.74. The highest BCUT2D eigenvalue weighted by Crippen LogP contribution is 2.23. The summed E-state index contributed by atoms with van der Waals surface area (Å²) >= 11 is 0. The Labute approximate surface area is 169 Å². The largest absolute Gasteiger partial charge is 0.464 e. The van der Waals surface area contributed by atoms with Crippen LogP contribution in [0.15, 0.2) is 30.3 Å². The van der Waals surface area contributed by atoms with E-state index in [1.807, 2.05) is 39.0 Å². The summed E-state index contributed by atoms with van der Waals surface area (Å²) in [5, 5.41) is 0. The Hall–Kier alpha value is -1.44. The first-order valence-electron chi connectivity index (χ1n) is 10.3. The van der Waals surface area contributed by atoms with Crippen LogP contribution < -0.4 is 4.72 Å². The van der Waals surface area contributed by atoms with Crippen LogP contribution in [0.1, 0.15) is 64.9 Å². The van der Waals surface area contributed by atoms with E-state index in [-0.39, 0.29) is 0 Å². The number of nitrogens with one attached hydrogen (secondary N) is 1. The van der Waals surface area contributed by atoms with Gasteiger partial charge in [0.05, 0.1) is 6.61 Å². The lowest BCUT2D eigenvalue weighted by atomic mass is 10.0. The summed E-state index contributed by atoms with van der Waals surface area (Å²) in [5.74, 6) is -0.431. The van der Waals surface area contributed by atoms with E-state index in [1.165, 1.54) is 9.87 Å². The normalized spacial score (nSPS) is 18.8. The number of piperidine rings is 1. The first-order valence-corrected chi connectivity index (χ1v) is 11.7. The molecule has 1 aliphatic rings. The highest BCUT2D eigenvalue weighted by atomic mass is 32.2. The maximum atomic E-state index is 12.8. The number of hydrogen-bond acceptors (Lipinski definition) is 4. The molecule has 1 fully saturated rings. The van der Waals surface area contributed by atoms with Crippen LogP contribution in [0.3, 0.4) is 0 Å². The van der Waals surface area contributed by atoms with Crippen LogP contribution in [0, 0.1) is 0 Å². The third-order valence-corrected chi connectivity index (χ3v) is 7.14. The first-order chi connectivity index (χ1) is 13.2. The molecule has 0 aromatic heterocycles. The molecule has 1 N–H and O–H groups in total. The Kier molecular flexibility index (Phi) is 8.46. The Morgan fingerprint density at radius 3 is 2.61 bits per heavy atom. The highest BCUT2D eigenvalue weighted by Gasteiger charge is 2.39. The van der Waals surface area contributed by atoms with Crippen LogP contribution in [0.4, 0.5) is 0 Å². The monoisotopic (exact) mass is 410 g/mol. The maximum absolute atomic E-state index is 12.8. The van der Waals surface area contributed by atoms with E-state index in [9.17, 15) is 13.2 Å². The molecule has 1 aromatic carbocycles. The summed E-state index contributed by atoms with van der Waals surface area (Å²) < 4.78 is 35.1. The van der Waals surface area contributed by atoms with Gasteiger partial charge >= 0.3 is 5.97 Å². The fourth-order valence-electron chi connectivity index (χ4n) is 3.25. The predicted molar refractivity (Wildman–Crippen MR) is 111 cm³/mol. The van der Waals surface area contributed by atoms with E-state index in [0.29, 0.717) is 26.0 Å². The molecule has 6 nitrogen and oxygen atoms in total. The first kappa shape index (κ1) is 22.8. The Morgan fingerprint density at radius 2 is 1.93 bits per heavy atom. The molecular weight excluding hydrogens is 376 g/mol. The van der Waals surface area contributed by atoms with Crippen molar-refractivity contribution >= 4 is 16.2 Å². The number of unbranched alkanes of at least 4 members (excludes halogenated alkanes) is 1. The molecule has 0 unspecified atom stereocenters. The van der Waals surface area contributed by atoms with Crippen molar-refractivity contribution in [3.8, 4) is 0 Å². The number of ether oxygens (including phenoxy) is 1. The molecule has 7 heteroatoms. The number of esters is 1. The summed E-state index contributed by atoms with van der Waals surface area (Å²) in [6.45, 7) is 6.29. The van der Waals surface area contributed by atoms with Crippen molar-refractivity contribution in [2.24, 2.45) is 0 Å².